The third kappa shape index (κ3) is 5.10. The van der Waals surface area contributed by atoms with E-state index in [2.05, 4.69) is 10.2 Å². The Labute approximate surface area is 143 Å². The molecule has 24 heavy (non-hydrogen) atoms. The first-order chi connectivity index (χ1) is 11.2. The summed E-state index contributed by atoms with van der Waals surface area (Å²) in [4.78, 5) is 15.5. The molecule has 1 saturated heterocycles. The Balaban J connectivity index is 2.00. The smallest absolute Gasteiger partial charge is 0.341 e. The van der Waals surface area contributed by atoms with Crippen molar-refractivity contribution in [2.24, 2.45) is 7.05 Å². The number of halogens is 3. The van der Waals surface area contributed by atoms with Crippen LogP contribution in [0.5, 0.6) is 0 Å². The quantitative estimate of drug-likeness (QED) is 0.797. The summed E-state index contributed by atoms with van der Waals surface area (Å²) in [5.74, 6) is 0.574. The minimum absolute atomic E-state index is 0.00648. The van der Waals surface area contributed by atoms with Crippen LogP contribution >= 0.6 is 11.8 Å². The van der Waals surface area contributed by atoms with Gasteiger partial charge >= 0.3 is 5.51 Å². The molecule has 2 heterocycles. The largest absolute Gasteiger partial charge is 0.442 e. The van der Waals surface area contributed by atoms with Gasteiger partial charge in [0.25, 0.3) is 0 Å². The molecule has 1 atom stereocenters. The number of likely N-dealkylation sites (tertiary alicyclic amines) is 1. The van der Waals surface area contributed by atoms with Gasteiger partial charge in [0.1, 0.15) is 11.6 Å². The summed E-state index contributed by atoms with van der Waals surface area (Å²) in [6.45, 7) is 1.54. The maximum absolute atomic E-state index is 12.3. The van der Waals surface area contributed by atoms with Crippen LogP contribution in [-0.2, 0) is 18.4 Å². The number of amides is 1. The van der Waals surface area contributed by atoms with Crippen molar-refractivity contribution in [3.8, 4) is 0 Å². The van der Waals surface area contributed by atoms with Crippen molar-refractivity contribution in [1.82, 2.24) is 24.6 Å². The lowest BCUT2D eigenvalue weighted by atomic mass is 9.97. The fraction of sp³-hybridized carbons (Fsp3) is 0.786. The van der Waals surface area contributed by atoms with E-state index >= 15 is 0 Å². The van der Waals surface area contributed by atoms with E-state index in [0.29, 0.717) is 19.6 Å². The average Bonchev–Trinajstić information content (AvgIpc) is 2.85. The zero-order chi connectivity index (χ0) is 17.9. The Morgan fingerprint density at radius 3 is 2.71 bits per heavy atom. The van der Waals surface area contributed by atoms with Crippen LogP contribution in [0, 0.1) is 0 Å². The minimum Gasteiger partial charge on any atom is -0.341 e. The number of piperidine rings is 1. The molecule has 1 amide bonds. The van der Waals surface area contributed by atoms with E-state index < -0.39 is 17.2 Å². The van der Waals surface area contributed by atoms with E-state index in [1.807, 2.05) is 30.6 Å². The Bertz CT molecular complexity index is 575. The molecule has 1 aliphatic rings. The molecule has 10 heteroatoms. The van der Waals surface area contributed by atoms with Crippen molar-refractivity contribution in [3.05, 3.63) is 11.6 Å². The van der Waals surface area contributed by atoms with Gasteiger partial charge in [0.2, 0.25) is 5.91 Å². The molecule has 0 unspecified atom stereocenters. The van der Waals surface area contributed by atoms with Gasteiger partial charge in [0.05, 0.1) is 12.3 Å². The number of nitrogens with zero attached hydrogens (tertiary/aromatic N) is 5. The number of aromatic nitrogens is 3. The van der Waals surface area contributed by atoms with Gasteiger partial charge in [-0.3, -0.25) is 4.79 Å². The third-order valence-corrected chi connectivity index (χ3v) is 4.67. The second-order valence-corrected chi connectivity index (χ2v) is 7.22. The summed E-state index contributed by atoms with van der Waals surface area (Å²) in [6, 6.07) is 0. The first kappa shape index (κ1) is 19.0. The topological polar surface area (TPSA) is 54.3 Å². The number of hydrogen-bond acceptors (Lipinski definition) is 5. The molecule has 0 bridgehead atoms. The molecule has 0 aliphatic carbocycles. The van der Waals surface area contributed by atoms with Gasteiger partial charge in [-0.05, 0) is 38.7 Å². The van der Waals surface area contributed by atoms with Crippen LogP contribution in [0.1, 0.15) is 30.4 Å². The number of carbonyl (C=O) groups excluding carboxylic acids is 1. The molecule has 0 spiro atoms. The zero-order valence-corrected chi connectivity index (χ0v) is 14.8. The lowest BCUT2D eigenvalue weighted by molar-refractivity contribution is -0.129. The molecule has 6 nitrogen and oxygen atoms in total. The Morgan fingerprint density at radius 1 is 1.38 bits per heavy atom. The van der Waals surface area contributed by atoms with Crippen molar-refractivity contribution >= 4 is 17.7 Å². The number of rotatable bonds is 5. The second kappa shape index (κ2) is 7.73. The van der Waals surface area contributed by atoms with Crippen LogP contribution in [0.15, 0.2) is 0 Å². The van der Waals surface area contributed by atoms with Crippen LogP contribution in [0.2, 0.25) is 0 Å². The Hall–Kier alpha value is -1.29. The molecule has 1 aromatic heterocycles. The summed E-state index contributed by atoms with van der Waals surface area (Å²) in [7, 11) is 5.76. The first-order valence-corrected chi connectivity index (χ1v) is 8.67. The molecule has 0 N–H and O–H groups in total. The molecule has 1 aromatic rings. The van der Waals surface area contributed by atoms with Crippen LogP contribution in [-0.4, -0.2) is 68.9 Å². The number of alkyl halides is 3. The maximum atomic E-state index is 12.3. The van der Waals surface area contributed by atoms with Crippen molar-refractivity contribution in [2.45, 2.75) is 30.8 Å². The number of carbonyl (C=O) groups is 1. The third-order valence-electron chi connectivity index (χ3n) is 3.95. The van der Waals surface area contributed by atoms with Crippen LogP contribution < -0.4 is 0 Å². The predicted molar refractivity (Wildman–Crippen MR) is 85.5 cm³/mol. The molecule has 0 saturated carbocycles. The SMILES string of the molecule is CN(C)Cc1nnc([C@H]2CCCN(C(=O)CSC(F)(F)F)C2)n1C. The fourth-order valence-electron chi connectivity index (χ4n) is 2.80. The van der Waals surface area contributed by atoms with E-state index in [0.717, 1.165) is 24.5 Å². The Kier molecular flexibility index (Phi) is 6.13. The minimum atomic E-state index is -4.38. The van der Waals surface area contributed by atoms with Crippen molar-refractivity contribution < 1.29 is 18.0 Å². The number of thioether (sulfide) groups is 1. The zero-order valence-electron chi connectivity index (χ0n) is 14.0. The summed E-state index contributed by atoms with van der Waals surface area (Å²) < 4.78 is 38.7. The molecule has 136 valence electrons. The molecule has 1 fully saturated rings. The fourth-order valence-corrected chi connectivity index (χ4v) is 3.27. The molecular formula is C14H22F3N5OS. The van der Waals surface area contributed by atoms with E-state index in [1.165, 1.54) is 4.90 Å². The highest BCUT2D eigenvalue weighted by atomic mass is 32.2. The normalized spacial score (nSPS) is 19.1. The van der Waals surface area contributed by atoms with Crippen molar-refractivity contribution in [3.63, 3.8) is 0 Å². The summed E-state index contributed by atoms with van der Waals surface area (Å²) in [5, 5.41) is 8.42. The monoisotopic (exact) mass is 365 g/mol. The van der Waals surface area contributed by atoms with Crippen molar-refractivity contribution in [2.75, 3.05) is 32.9 Å². The van der Waals surface area contributed by atoms with Crippen LogP contribution in [0.3, 0.4) is 0 Å². The van der Waals surface area contributed by atoms with Gasteiger partial charge in [0.15, 0.2) is 0 Å². The highest BCUT2D eigenvalue weighted by molar-refractivity contribution is 8.00. The molecule has 0 aromatic carbocycles. The highest BCUT2D eigenvalue weighted by Crippen LogP contribution is 2.31. The van der Waals surface area contributed by atoms with Gasteiger partial charge in [-0.1, -0.05) is 0 Å². The molecule has 2 rings (SSSR count). The van der Waals surface area contributed by atoms with Crippen LogP contribution in [0.25, 0.3) is 0 Å². The molecule has 0 radical (unpaired) electrons. The van der Waals surface area contributed by atoms with Gasteiger partial charge in [-0.25, -0.2) is 0 Å². The average molecular weight is 365 g/mol. The van der Waals surface area contributed by atoms with E-state index in [9.17, 15) is 18.0 Å². The Morgan fingerprint density at radius 2 is 2.08 bits per heavy atom. The van der Waals surface area contributed by atoms with Crippen LogP contribution in [0.4, 0.5) is 13.2 Å². The summed E-state index contributed by atoms with van der Waals surface area (Å²) in [6.07, 6.45) is 1.60. The summed E-state index contributed by atoms with van der Waals surface area (Å²) in [5.41, 5.74) is -4.38. The van der Waals surface area contributed by atoms with Gasteiger partial charge in [-0.2, -0.15) is 13.2 Å². The van der Waals surface area contributed by atoms with Gasteiger partial charge < -0.3 is 14.4 Å². The van der Waals surface area contributed by atoms with E-state index in [-0.39, 0.29) is 17.7 Å². The molecule has 1 aliphatic heterocycles. The predicted octanol–water partition coefficient (Wildman–Crippen LogP) is 1.84. The first-order valence-electron chi connectivity index (χ1n) is 7.68. The second-order valence-electron chi connectivity index (χ2n) is 6.18. The highest BCUT2D eigenvalue weighted by Gasteiger charge is 2.33. The molecular weight excluding hydrogens is 343 g/mol. The summed E-state index contributed by atoms with van der Waals surface area (Å²) >= 11 is -0.283. The standard InChI is InChI=1S/C14H22F3N5OS/c1-20(2)8-11-18-19-13(21(11)3)10-5-4-6-22(7-10)12(23)9-24-14(15,16)17/h10H,4-9H2,1-3H3/t10-/m0/s1. The maximum Gasteiger partial charge on any atom is 0.442 e. The van der Waals surface area contributed by atoms with Crippen molar-refractivity contribution in [1.29, 1.82) is 0 Å². The number of hydrogen-bond donors (Lipinski definition) is 0. The van der Waals surface area contributed by atoms with Gasteiger partial charge in [0, 0.05) is 26.1 Å². The van der Waals surface area contributed by atoms with E-state index in [4.69, 9.17) is 0 Å². The lowest BCUT2D eigenvalue weighted by Gasteiger charge is -2.32. The van der Waals surface area contributed by atoms with Gasteiger partial charge in [-0.15, -0.1) is 10.2 Å². The van der Waals surface area contributed by atoms with E-state index in [1.54, 1.807) is 0 Å². The lowest BCUT2D eigenvalue weighted by Crippen LogP contribution is -2.41.